The van der Waals surface area contributed by atoms with Gasteiger partial charge in [0.2, 0.25) is 0 Å². The van der Waals surface area contributed by atoms with Crippen LogP contribution in [-0.2, 0) is 10.4 Å². The average Bonchev–Trinajstić information content (AvgIpc) is 3.28. The number of fused-ring (bicyclic) bond motifs is 1. The van der Waals surface area contributed by atoms with Gasteiger partial charge in [0, 0.05) is 6.42 Å². The maximum Gasteiger partial charge on any atom is 0.136 e. The monoisotopic (exact) mass is 370 g/mol. The van der Waals surface area contributed by atoms with Gasteiger partial charge in [-0.25, -0.2) is 0 Å². The van der Waals surface area contributed by atoms with Crippen LogP contribution in [0.4, 0.5) is 0 Å². The van der Waals surface area contributed by atoms with Gasteiger partial charge in [0.25, 0.3) is 0 Å². The number of hydrogen-bond donors (Lipinski definition) is 2. The molecule has 3 aliphatic heterocycles. The summed E-state index contributed by atoms with van der Waals surface area (Å²) in [4.78, 5) is 7.46. The fourth-order valence-electron chi connectivity index (χ4n) is 5.20. The molecule has 0 radical (unpaired) electrons. The van der Waals surface area contributed by atoms with Gasteiger partial charge in [-0.05, 0) is 30.5 Å². The van der Waals surface area contributed by atoms with E-state index in [0.29, 0.717) is 11.3 Å². The second-order valence-electron chi connectivity index (χ2n) is 7.25. The van der Waals surface area contributed by atoms with E-state index in [2.05, 4.69) is 22.2 Å². The lowest BCUT2D eigenvalue weighted by molar-refractivity contribution is 0.126. The summed E-state index contributed by atoms with van der Waals surface area (Å²) in [5.74, 6) is 0. The predicted octanol–water partition coefficient (Wildman–Crippen LogP) is 4.27. The highest BCUT2D eigenvalue weighted by molar-refractivity contribution is 8.25. The number of hydrogen-bond acceptors (Lipinski definition) is 5. The van der Waals surface area contributed by atoms with Crippen LogP contribution in [0.3, 0.4) is 0 Å². The minimum Gasteiger partial charge on any atom is -0.399 e. The molecule has 4 atom stereocenters. The van der Waals surface area contributed by atoms with Gasteiger partial charge in [-0.1, -0.05) is 53.7 Å². The second kappa shape index (κ2) is 5.33. The van der Waals surface area contributed by atoms with Gasteiger partial charge in [-0.2, -0.15) is 0 Å². The van der Waals surface area contributed by atoms with Crippen LogP contribution in [0.5, 0.6) is 0 Å². The number of piperidine rings is 1. The zero-order valence-corrected chi connectivity index (χ0v) is 15.4. The highest BCUT2D eigenvalue weighted by Gasteiger charge is 2.88. The zero-order valence-electron chi connectivity index (χ0n) is 14.6. The van der Waals surface area contributed by atoms with Crippen LogP contribution in [0.1, 0.15) is 24.8 Å². The third-order valence-electron chi connectivity index (χ3n) is 6.24. The second-order valence-corrected chi connectivity index (χ2v) is 9.53. The van der Waals surface area contributed by atoms with Crippen molar-refractivity contribution in [1.82, 2.24) is 4.90 Å². The summed E-state index contributed by atoms with van der Waals surface area (Å²) >= 11 is 0. The molecule has 0 aromatic heterocycles. The lowest BCUT2D eigenvalue weighted by atomic mass is 9.75. The van der Waals surface area contributed by atoms with E-state index < -0.39 is 15.5 Å². The normalized spacial score (nSPS) is 36.8. The first-order chi connectivity index (χ1) is 12.6. The fourth-order valence-corrected chi connectivity index (χ4v) is 7.66. The van der Waals surface area contributed by atoms with E-state index in [-0.39, 0.29) is 11.6 Å². The molecular weight excluding hydrogens is 348 g/mol. The molecule has 6 heteroatoms. The summed E-state index contributed by atoms with van der Waals surface area (Å²) in [7, 11) is -1.36. The van der Waals surface area contributed by atoms with E-state index in [1.165, 1.54) is 0 Å². The predicted molar refractivity (Wildman–Crippen MR) is 102 cm³/mol. The molecule has 3 heterocycles. The summed E-state index contributed by atoms with van der Waals surface area (Å²) in [5.41, 5.74) is 1.76. The maximum atomic E-state index is 11.3. The van der Waals surface area contributed by atoms with Crippen molar-refractivity contribution >= 4 is 16.3 Å². The highest BCUT2D eigenvalue weighted by atomic mass is 32.3. The van der Waals surface area contributed by atoms with E-state index in [9.17, 15) is 9.11 Å². The first-order valence-electron chi connectivity index (χ1n) is 8.87. The molecule has 0 aliphatic carbocycles. The van der Waals surface area contributed by atoms with Crippen LogP contribution in [-0.4, -0.2) is 37.7 Å². The lowest BCUT2D eigenvalue weighted by Crippen LogP contribution is -2.59. The Balaban J connectivity index is 1.61. The molecular formula is C20H22N2O3S. The topological polar surface area (TPSA) is 65.1 Å². The van der Waals surface area contributed by atoms with Crippen molar-refractivity contribution < 1.29 is 13.9 Å². The molecule has 136 valence electrons. The Bertz CT molecular complexity index is 873. The Morgan fingerprint density at radius 3 is 2.38 bits per heavy atom. The molecule has 5 nitrogen and oxygen atoms in total. The first-order valence-corrected chi connectivity index (χ1v) is 10.4. The molecule has 0 spiro atoms. The summed E-state index contributed by atoms with van der Waals surface area (Å²) in [6, 6.07) is 19.7. The average molecular weight is 370 g/mol. The van der Waals surface area contributed by atoms with Crippen molar-refractivity contribution in [1.29, 1.82) is 0 Å². The van der Waals surface area contributed by atoms with E-state index in [1.54, 1.807) is 7.11 Å². The Labute approximate surface area is 154 Å². The Kier molecular flexibility index (Phi) is 3.35. The molecule has 4 unspecified atom stereocenters. The van der Waals surface area contributed by atoms with Crippen LogP contribution < -0.4 is 0 Å². The van der Waals surface area contributed by atoms with E-state index in [1.807, 2.05) is 48.5 Å². The summed E-state index contributed by atoms with van der Waals surface area (Å²) in [5, 5.41) is 4.34. The molecule has 3 fully saturated rings. The standard InChI is InChI=1S/C20H22N2O3S/c1-25-21-17-12-13-18-20(26(23,24)16-10-6-3-7-11-16)14-19(17,22(18)20)15-8-4-2-5-9-15/h2-11,18,23-24H,12-14H2,1H3/b21-17+. The number of rotatable bonds is 4. The summed E-state index contributed by atoms with van der Waals surface area (Å²) in [6.45, 7) is 0. The van der Waals surface area contributed by atoms with Gasteiger partial charge < -0.3 is 4.84 Å². The largest absolute Gasteiger partial charge is 0.399 e. The third-order valence-corrected chi connectivity index (χ3v) is 8.77. The Morgan fingerprint density at radius 2 is 1.73 bits per heavy atom. The van der Waals surface area contributed by atoms with Crippen LogP contribution in [0.2, 0.25) is 0 Å². The molecule has 2 aromatic rings. The molecule has 3 aliphatic rings. The SMILES string of the molecule is CO/N=C1\CCC2N3C1(c1ccccc1)CC23S(O)(O)c1ccccc1. The first kappa shape index (κ1) is 16.3. The third kappa shape index (κ3) is 1.75. The highest BCUT2D eigenvalue weighted by Crippen LogP contribution is 2.84. The van der Waals surface area contributed by atoms with Gasteiger partial charge in [0.15, 0.2) is 0 Å². The minimum absolute atomic E-state index is 0.170. The fraction of sp³-hybridized carbons (Fsp3) is 0.350. The van der Waals surface area contributed by atoms with Crippen LogP contribution >= 0.6 is 10.6 Å². The molecule has 0 bridgehead atoms. The van der Waals surface area contributed by atoms with E-state index in [4.69, 9.17) is 4.84 Å². The van der Waals surface area contributed by atoms with E-state index in [0.717, 1.165) is 24.1 Å². The van der Waals surface area contributed by atoms with Gasteiger partial charge in [-0.3, -0.25) is 14.0 Å². The number of oxime groups is 1. The van der Waals surface area contributed by atoms with Crippen molar-refractivity contribution in [2.45, 2.75) is 40.6 Å². The van der Waals surface area contributed by atoms with Crippen molar-refractivity contribution in [2.24, 2.45) is 5.16 Å². The smallest absolute Gasteiger partial charge is 0.136 e. The van der Waals surface area contributed by atoms with Crippen LogP contribution in [0.15, 0.2) is 70.7 Å². The molecule has 0 saturated carbocycles. The van der Waals surface area contributed by atoms with Gasteiger partial charge in [-0.15, -0.1) is 10.6 Å². The van der Waals surface area contributed by atoms with Crippen molar-refractivity contribution in [2.75, 3.05) is 7.11 Å². The number of nitrogens with zero attached hydrogens (tertiary/aromatic N) is 2. The quantitative estimate of drug-likeness (QED) is 0.623. The Hall–Kier alpha value is -1.86. The molecule has 2 aromatic carbocycles. The number of benzene rings is 2. The van der Waals surface area contributed by atoms with Crippen LogP contribution in [0, 0.1) is 0 Å². The van der Waals surface area contributed by atoms with Crippen molar-refractivity contribution in [3.8, 4) is 0 Å². The van der Waals surface area contributed by atoms with Gasteiger partial charge in [0.05, 0.1) is 22.2 Å². The minimum atomic E-state index is -2.94. The summed E-state index contributed by atoms with van der Waals surface area (Å²) in [6.07, 6.45) is 2.35. The van der Waals surface area contributed by atoms with E-state index >= 15 is 0 Å². The molecule has 5 rings (SSSR count). The maximum absolute atomic E-state index is 11.3. The molecule has 3 saturated heterocycles. The lowest BCUT2D eigenvalue weighted by Gasteiger charge is -2.55. The van der Waals surface area contributed by atoms with Crippen molar-refractivity contribution in [3.05, 3.63) is 66.2 Å². The van der Waals surface area contributed by atoms with Crippen molar-refractivity contribution in [3.63, 3.8) is 0 Å². The molecule has 2 N–H and O–H groups in total. The Morgan fingerprint density at radius 1 is 1.08 bits per heavy atom. The zero-order chi connectivity index (χ0) is 18.0. The van der Waals surface area contributed by atoms with Gasteiger partial charge in [0.1, 0.15) is 12.0 Å². The molecule has 26 heavy (non-hydrogen) atoms. The van der Waals surface area contributed by atoms with Gasteiger partial charge >= 0.3 is 0 Å². The summed E-state index contributed by atoms with van der Waals surface area (Å²) < 4.78 is 22.5. The molecule has 0 amide bonds. The van der Waals surface area contributed by atoms with Crippen LogP contribution in [0.25, 0.3) is 0 Å².